The minimum atomic E-state index is 0.212. The highest BCUT2D eigenvalue weighted by molar-refractivity contribution is 6.02. The quantitative estimate of drug-likeness (QED) is 0.562. The third-order valence-electron chi connectivity index (χ3n) is 4.52. The summed E-state index contributed by atoms with van der Waals surface area (Å²) in [7, 11) is 0. The van der Waals surface area contributed by atoms with Gasteiger partial charge in [-0.15, -0.1) is 0 Å². The van der Waals surface area contributed by atoms with Gasteiger partial charge < -0.3 is 9.67 Å². The van der Waals surface area contributed by atoms with Gasteiger partial charge in [0, 0.05) is 23.6 Å². The summed E-state index contributed by atoms with van der Waals surface area (Å²) in [6.45, 7) is 2.78. The van der Waals surface area contributed by atoms with Crippen molar-refractivity contribution in [2.24, 2.45) is 0 Å². The van der Waals surface area contributed by atoms with Crippen molar-refractivity contribution in [2.75, 3.05) is 0 Å². The van der Waals surface area contributed by atoms with Gasteiger partial charge in [-0.2, -0.15) is 5.26 Å². The van der Waals surface area contributed by atoms with Crippen LogP contribution in [0.1, 0.15) is 12.5 Å². The standard InChI is InChI=1S/C21H16N2O/c1-2-23-20-12-15(24)10-11-17(20)19(13-22)21(23)18-9-5-7-14-6-3-4-8-16(14)18/h3-12,24H,2H2,1H3. The number of nitrogens with zero attached hydrogens (tertiary/aromatic N) is 2. The van der Waals surface area contributed by atoms with E-state index in [1.807, 2.05) is 24.3 Å². The zero-order valence-corrected chi connectivity index (χ0v) is 13.3. The number of hydrogen-bond donors (Lipinski definition) is 1. The number of aromatic hydroxyl groups is 1. The van der Waals surface area contributed by atoms with Crippen LogP contribution in [0.25, 0.3) is 32.9 Å². The molecule has 0 radical (unpaired) electrons. The maximum atomic E-state index is 9.87. The van der Waals surface area contributed by atoms with E-state index in [0.717, 1.165) is 39.5 Å². The second kappa shape index (κ2) is 5.43. The summed E-state index contributed by atoms with van der Waals surface area (Å²) in [6, 6.07) is 21.9. The van der Waals surface area contributed by atoms with Gasteiger partial charge in [0.1, 0.15) is 11.8 Å². The number of aryl methyl sites for hydroxylation is 1. The molecule has 0 aliphatic rings. The predicted octanol–water partition coefficient (Wildman–Crippen LogP) is 5.06. The highest BCUT2D eigenvalue weighted by Crippen LogP contribution is 2.38. The van der Waals surface area contributed by atoms with Crippen molar-refractivity contribution in [3.05, 3.63) is 66.2 Å². The first kappa shape index (κ1) is 14.3. The van der Waals surface area contributed by atoms with Gasteiger partial charge in [0.15, 0.2) is 0 Å². The zero-order chi connectivity index (χ0) is 16.7. The normalized spacial score (nSPS) is 11.0. The highest BCUT2D eigenvalue weighted by atomic mass is 16.3. The Morgan fingerprint density at radius 3 is 2.58 bits per heavy atom. The van der Waals surface area contributed by atoms with E-state index in [-0.39, 0.29) is 5.75 Å². The molecule has 0 spiro atoms. The Morgan fingerprint density at radius 1 is 1.00 bits per heavy atom. The number of benzene rings is 3. The molecule has 0 amide bonds. The SMILES string of the molecule is CCn1c(-c2cccc3ccccc23)c(C#N)c2ccc(O)cc21. The summed E-state index contributed by atoms with van der Waals surface area (Å²) in [4.78, 5) is 0. The summed E-state index contributed by atoms with van der Waals surface area (Å²) in [5.74, 6) is 0.212. The number of rotatable bonds is 2. The fraction of sp³-hybridized carbons (Fsp3) is 0.0952. The van der Waals surface area contributed by atoms with Crippen LogP contribution in [-0.2, 0) is 6.54 Å². The maximum absolute atomic E-state index is 9.87. The monoisotopic (exact) mass is 312 g/mol. The van der Waals surface area contributed by atoms with Gasteiger partial charge in [-0.3, -0.25) is 0 Å². The molecule has 3 aromatic carbocycles. The summed E-state index contributed by atoms with van der Waals surface area (Å²) < 4.78 is 2.11. The van der Waals surface area contributed by atoms with E-state index in [9.17, 15) is 10.4 Å². The van der Waals surface area contributed by atoms with Crippen molar-refractivity contribution >= 4 is 21.7 Å². The van der Waals surface area contributed by atoms with Crippen molar-refractivity contribution in [3.8, 4) is 23.1 Å². The van der Waals surface area contributed by atoms with E-state index in [4.69, 9.17) is 0 Å². The molecule has 116 valence electrons. The molecule has 0 unspecified atom stereocenters. The molecule has 1 N–H and O–H groups in total. The Balaban J connectivity index is 2.19. The average Bonchev–Trinajstić information content (AvgIpc) is 2.93. The molecule has 3 nitrogen and oxygen atoms in total. The van der Waals surface area contributed by atoms with E-state index < -0.39 is 0 Å². The molecule has 0 aliphatic heterocycles. The Hall–Kier alpha value is -3.25. The fourth-order valence-corrected chi connectivity index (χ4v) is 3.49. The first-order valence-corrected chi connectivity index (χ1v) is 7.98. The van der Waals surface area contributed by atoms with Crippen LogP contribution in [0.4, 0.5) is 0 Å². The number of hydrogen-bond acceptors (Lipinski definition) is 2. The van der Waals surface area contributed by atoms with E-state index >= 15 is 0 Å². The topological polar surface area (TPSA) is 49.0 Å². The Kier molecular flexibility index (Phi) is 3.25. The Labute approximate surface area is 140 Å². The highest BCUT2D eigenvalue weighted by Gasteiger charge is 2.19. The van der Waals surface area contributed by atoms with Crippen molar-refractivity contribution in [2.45, 2.75) is 13.5 Å². The summed E-state index contributed by atoms with van der Waals surface area (Å²) in [5, 5.41) is 22.8. The molecule has 0 saturated heterocycles. The largest absolute Gasteiger partial charge is 0.508 e. The zero-order valence-electron chi connectivity index (χ0n) is 13.3. The third kappa shape index (κ3) is 1.97. The lowest BCUT2D eigenvalue weighted by molar-refractivity contribution is 0.476. The van der Waals surface area contributed by atoms with E-state index in [2.05, 4.69) is 41.8 Å². The van der Waals surface area contributed by atoms with Gasteiger partial charge in [-0.05, 0) is 29.8 Å². The van der Waals surface area contributed by atoms with Crippen molar-refractivity contribution in [1.82, 2.24) is 4.57 Å². The van der Waals surface area contributed by atoms with Crippen molar-refractivity contribution in [3.63, 3.8) is 0 Å². The van der Waals surface area contributed by atoms with Gasteiger partial charge in [0.2, 0.25) is 0 Å². The molecule has 4 aromatic rings. The number of nitriles is 1. The summed E-state index contributed by atoms with van der Waals surface area (Å²) >= 11 is 0. The lowest BCUT2D eigenvalue weighted by atomic mass is 9.99. The van der Waals surface area contributed by atoms with Gasteiger partial charge in [-0.25, -0.2) is 0 Å². The molecule has 1 heterocycles. The maximum Gasteiger partial charge on any atom is 0.117 e. The molecule has 0 aliphatic carbocycles. The van der Waals surface area contributed by atoms with Crippen LogP contribution >= 0.6 is 0 Å². The number of aromatic nitrogens is 1. The second-order valence-electron chi connectivity index (χ2n) is 5.81. The third-order valence-corrected chi connectivity index (χ3v) is 4.52. The first-order chi connectivity index (χ1) is 11.7. The van der Waals surface area contributed by atoms with Crippen LogP contribution < -0.4 is 0 Å². The number of phenolic OH excluding ortho intramolecular Hbond substituents is 1. The Bertz CT molecular complexity index is 1110. The van der Waals surface area contributed by atoms with Crippen LogP contribution in [0.5, 0.6) is 5.75 Å². The molecule has 4 rings (SSSR count). The number of fused-ring (bicyclic) bond motifs is 2. The molecular formula is C21H16N2O. The van der Waals surface area contributed by atoms with E-state index in [1.54, 1.807) is 12.1 Å². The molecule has 1 aromatic heterocycles. The molecule has 0 bridgehead atoms. The smallest absolute Gasteiger partial charge is 0.117 e. The fourth-order valence-electron chi connectivity index (χ4n) is 3.49. The van der Waals surface area contributed by atoms with Gasteiger partial charge in [0.25, 0.3) is 0 Å². The van der Waals surface area contributed by atoms with Crippen LogP contribution in [0.15, 0.2) is 60.7 Å². The van der Waals surface area contributed by atoms with Gasteiger partial charge in [-0.1, -0.05) is 42.5 Å². The second-order valence-corrected chi connectivity index (χ2v) is 5.81. The molecule has 0 saturated carbocycles. The van der Waals surface area contributed by atoms with Crippen LogP contribution in [0.2, 0.25) is 0 Å². The molecule has 3 heteroatoms. The average molecular weight is 312 g/mol. The van der Waals surface area contributed by atoms with E-state index in [0.29, 0.717) is 5.56 Å². The molecular weight excluding hydrogens is 296 g/mol. The minimum absolute atomic E-state index is 0.212. The first-order valence-electron chi connectivity index (χ1n) is 7.98. The molecule has 0 atom stereocenters. The minimum Gasteiger partial charge on any atom is -0.508 e. The van der Waals surface area contributed by atoms with Crippen molar-refractivity contribution in [1.29, 1.82) is 5.26 Å². The van der Waals surface area contributed by atoms with Gasteiger partial charge >= 0.3 is 0 Å². The van der Waals surface area contributed by atoms with Crippen LogP contribution in [0, 0.1) is 11.3 Å². The lowest BCUT2D eigenvalue weighted by Gasteiger charge is -2.11. The van der Waals surface area contributed by atoms with Crippen LogP contribution in [-0.4, -0.2) is 9.67 Å². The lowest BCUT2D eigenvalue weighted by Crippen LogP contribution is -1.98. The number of phenols is 1. The Morgan fingerprint density at radius 2 is 1.79 bits per heavy atom. The molecule has 24 heavy (non-hydrogen) atoms. The van der Waals surface area contributed by atoms with Crippen molar-refractivity contribution < 1.29 is 5.11 Å². The predicted molar refractivity (Wildman–Crippen MR) is 96.9 cm³/mol. The van der Waals surface area contributed by atoms with E-state index in [1.165, 1.54) is 0 Å². The molecule has 0 fully saturated rings. The summed E-state index contributed by atoms with van der Waals surface area (Å²) in [6.07, 6.45) is 0. The van der Waals surface area contributed by atoms with Crippen LogP contribution in [0.3, 0.4) is 0 Å². The summed E-state index contributed by atoms with van der Waals surface area (Å²) in [5.41, 5.74) is 3.50. The van der Waals surface area contributed by atoms with Gasteiger partial charge in [0.05, 0.1) is 16.8 Å².